The molecule has 2 fully saturated rings. The fraction of sp³-hybridized carbons (Fsp3) is 1.00. The summed E-state index contributed by atoms with van der Waals surface area (Å²) in [7, 11) is 0. The molecule has 2 heterocycles. The zero-order valence-corrected chi connectivity index (χ0v) is 8.92. The van der Waals surface area contributed by atoms with Crippen LogP contribution >= 0.6 is 0 Å². The van der Waals surface area contributed by atoms with E-state index < -0.39 is 0 Å². The van der Waals surface area contributed by atoms with Gasteiger partial charge < -0.3 is 5.32 Å². The molecule has 0 saturated carbocycles. The monoisotopic (exact) mass is 182 g/mol. The molecule has 2 nitrogen and oxygen atoms in total. The van der Waals surface area contributed by atoms with Gasteiger partial charge in [0.05, 0.1) is 0 Å². The highest BCUT2D eigenvalue weighted by Gasteiger charge is 2.32. The third-order valence-electron chi connectivity index (χ3n) is 3.83. The van der Waals surface area contributed by atoms with Gasteiger partial charge >= 0.3 is 0 Å². The number of likely N-dealkylation sites (tertiary alicyclic amines) is 1. The van der Waals surface area contributed by atoms with Gasteiger partial charge in [-0.1, -0.05) is 13.3 Å². The minimum absolute atomic E-state index is 0.829. The lowest BCUT2D eigenvalue weighted by molar-refractivity contribution is 0.0457. The second-order valence-corrected chi connectivity index (χ2v) is 4.71. The minimum atomic E-state index is 0.829. The summed E-state index contributed by atoms with van der Waals surface area (Å²) in [6.07, 6.45) is 4.23. The molecule has 2 aliphatic rings. The Balaban J connectivity index is 1.90. The molecule has 76 valence electrons. The average Bonchev–Trinajstić information content (AvgIpc) is 2.06. The van der Waals surface area contributed by atoms with Gasteiger partial charge in [0.1, 0.15) is 0 Å². The molecule has 0 aromatic heterocycles. The lowest BCUT2D eigenvalue weighted by Gasteiger charge is -2.46. The third-order valence-corrected chi connectivity index (χ3v) is 3.83. The average molecular weight is 182 g/mol. The van der Waals surface area contributed by atoms with E-state index in [4.69, 9.17) is 0 Å². The summed E-state index contributed by atoms with van der Waals surface area (Å²) in [4.78, 5) is 2.73. The molecule has 2 unspecified atom stereocenters. The molecule has 2 atom stereocenters. The minimum Gasteiger partial charge on any atom is -0.314 e. The first-order valence-electron chi connectivity index (χ1n) is 5.77. The quantitative estimate of drug-likeness (QED) is 0.695. The number of hydrogen-bond donors (Lipinski definition) is 1. The molecule has 0 amide bonds. The van der Waals surface area contributed by atoms with E-state index in [1.807, 2.05) is 0 Å². The van der Waals surface area contributed by atoms with E-state index >= 15 is 0 Å². The van der Waals surface area contributed by atoms with Crippen LogP contribution in [0.3, 0.4) is 0 Å². The fourth-order valence-corrected chi connectivity index (χ4v) is 2.56. The van der Waals surface area contributed by atoms with Crippen molar-refractivity contribution in [3.05, 3.63) is 0 Å². The van der Waals surface area contributed by atoms with Crippen LogP contribution in [0, 0.1) is 5.92 Å². The van der Waals surface area contributed by atoms with E-state index in [1.54, 1.807) is 0 Å². The van der Waals surface area contributed by atoms with Crippen LogP contribution in [0.5, 0.6) is 0 Å². The van der Waals surface area contributed by atoms with Crippen LogP contribution < -0.4 is 5.32 Å². The summed E-state index contributed by atoms with van der Waals surface area (Å²) in [5.41, 5.74) is 0. The lowest BCUT2D eigenvalue weighted by Crippen LogP contribution is -2.61. The van der Waals surface area contributed by atoms with Gasteiger partial charge in [0.15, 0.2) is 0 Å². The molecule has 0 aromatic rings. The number of nitrogens with zero attached hydrogens (tertiary/aromatic N) is 1. The van der Waals surface area contributed by atoms with Gasteiger partial charge in [-0.15, -0.1) is 0 Å². The van der Waals surface area contributed by atoms with Crippen LogP contribution in [0.4, 0.5) is 0 Å². The molecule has 13 heavy (non-hydrogen) atoms. The maximum absolute atomic E-state index is 3.37. The highest BCUT2D eigenvalue weighted by atomic mass is 15.3. The van der Waals surface area contributed by atoms with Crippen molar-refractivity contribution in [3.63, 3.8) is 0 Å². The summed E-state index contributed by atoms with van der Waals surface area (Å²) in [6.45, 7) is 8.52. The molecule has 0 spiro atoms. The predicted octanol–water partition coefficient (Wildman–Crippen LogP) is 1.47. The Morgan fingerprint density at radius 3 is 2.62 bits per heavy atom. The number of nitrogens with one attached hydrogen (secondary N) is 1. The first kappa shape index (κ1) is 9.47. The SMILES string of the molecule is CCC1CCC(C)N(C2CNC2)C1. The zero-order valence-electron chi connectivity index (χ0n) is 8.92. The zero-order chi connectivity index (χ0) is 9.26. The van der Waals surface area contributed by atoms with E-state index in [-0.39, 0.29) is 0 Å². The van der Waals surface area contributed by atoms with Crippen molar-refractivity contribution in [2.24, 2.45) is 5.92 Å². The van der Waals surface area contributed by atoms with Crippen LogP contribution in [0.15, 0.2) is 0 Å². The first-order valence-corrected chi connectivity index (χ1v) is 5.77. The Hall–Kier alpha value is -0.0800. The molecular weight excluding hydrogens is 160 g/mol. The normalized spacial score (nSPS) is 37.4. The van der Waals surface area contributed by atoms with Crippen molar-refractivity contribution in [3.8, 4) is 0 Å². The van der Waals surface area contributed by atoms with Crippen LogP contribution in [0.25, 0.3) is 0 Å². The Morgan fingerprint density at radius 2 is 2.08 bits per heavy atom. The van der Waals surface area contributed by atoms with Gasteiger partial charge in [0, 0.05) is 31.7 Å². The second-order valence-electron chi connectivity index (χ2n) is 4.71. The molecule has 2 rings (SSSR count). The summed E-state index contributed by atoms with van der Waals surface area (Å²) in [5.74, 6) is 0.969. The Labute approximate surface area is 81.7 Å². The van der Waals surface area contributed by atoms with E-state index in [0.29, 0.717) is 0 Å². The summed E-state index contributed by atoms with van der Waals surface area (Å²) >= 11 is 0. The van der Waals surface area contributed by atoms with Crippen molar-refractivity contribution in [2.45, 2.75) is 45.2 Å². The van der Waals surface area contributed by atoms with Crippen molar-refractivity contribution in [1.82, 2.24) is 10.2 Å². The lowest BCUT2D eigenvalue weighted by atomic mass is 9.89. The van der Waals surface area contributed by atoms with Crippen molar-refractivity contribution >= 4 is 0 Å². The van der Waals surface area contributed by atoms with Gasteiger partial charge in [-0.3, -0.25) is 4.90 Å². The molecule has 2 saturated heterocycles. The highest BCUT2D eigenvalue weighted by Crippen LogP contribution is 2.26. The van der Waals surface area contributed by atoms with Crippen molar-refractivity contribution in [2.75, 3.05) is 19.6 Å². The smallest absolute Gasteiger partial charge is 0.0348 e. The summed E-state index contributed by atoms with van der Waals surface area (Å²) in [6, 6.07) is 1.68. The summed E-state index contributed by atoms with van der Waals surface area (Å²) < 4.78 is 0. The van der Waals surface area contributed by atoms with Gasteiger partial charge in [-0.25, -0.2) is 0 Å². The van der Waals surface area contributed by atoms with E-state index in [2.05, 4.69) is 24.1 Å². The number of rotatable bonds is 2. The van der Waals surface area contributed by atoms with Gasteiger partial charge in [0.2, 0.25) is 0 Å². The molecule has 0 aromatic carbocycles. The molecular formula is C11H22N2. The maximum atomic E-state index is 3.37. The van der Waals surface area contributed by atoms with Gasteiger partial charge in [-0.05, 0) is 25.7 Å². The number of hydrogen-bond acceptors (Lipinski definition) is 2. The maximum Gasteiger partial charge on any atom is 0.0348 e. The topological polar surface area (TPSA) is 15.3 Å². The van der Waals surface area contributed by atoms with Crippen LogP contribution in [-0.2, 0) is 0 Å². The largest absolute Gasteiger partial charge is 0.314 e. The van der Waals surface area contributed by atoms with E-state index in [9.17, 15) is 0 Å². The molecule has 2 aliphatic heterocycles. The van der Waals surface area contributed by atoms with Crippen LogP contribution in [-0.4, -0.2) is 36.6 Å². The second kappa shape index (κ2) is 3.97. The molecule has 2 heteroatoms. The first-order chi connectivity index (χ1) is 6.31. The predicted molar refractivity (Wildman–Crippen MR) is 55.8 cm³/mol. The Kier molecular flexibility index (Phi) is 2.89. The number of piperidine rings is 1. The van der Waals surface area contributed by atoms with Gasteiger partial charge in [0.25, 0.3) is 0 Å². The molecule has 0 aliphatic carbocycles. The molecule has 1 N–H and O–H groups in total. The van der Waals surface area contributed by atoms with E-state index in [1.165, 1.54) is 38.9 Å². The van der Waals surface area contributed by atoms with Crippen molar-refractivity contribution < 1.29 is 0 Å². The Morgan fingerprint density at radius 1 is 1.31 bits per heavy atom. The van der Waals surface area contributed by atoms with Crippen molar-refractivity contribution in [1.29, 1.82) is 0 Å². The molecule has 0 bridgehead atoms. The molecule has 0 radical (unpaired) electrons. The van der Waals surface area contributed by atoms with Gasteiger partial charge in [-0.2, -0.15) is 0 Å². The van der Waals surface area contributed by atoms with Crippen LogP contribution in [0.2, 0.25) is 0 Å². The Bertz CT molecular complexity index is 163. The highest BCUT2D eigenvalue weighted by molar-refractivity contribution is 4.90. The third kappa shape index (κ3) is 1.89. The standard InChI is InChI=1S/C11H22N2/c1-3-10-5-4-9(2)13(8-10)11-6-12-7-11/h9-12H,3-8H2,1-2H3. The van der Waals surface area contributed by atoms with Crippen LogP contribution in [0.1, 0.15) is 33.1 Å². The van der Waals surface area contributed by atoms with E-state index in [0.717, 1.165) is 18.0 Å². The fourth-order valence-electron chi connectivity index (χ4n) is 2.56. The summed E-state index contributed by atoms with van der Waals surface area (Å²) in [5, 5.41) is 3.37.